The summed E-state index contributed by atoms with van der Waals surface area (Å²) in [5.74, 6) is -1.53. The quantitative estimate of drug-likeness (QED) is 0.316. The fraction of sp³-hybridized carbons (Fsp3) is 0.800. The van der Waals surface area contributed by atoms with Crippen LogP contribution in [0.5, 0.6) is 0 Å². The second kappa shape index (κ2) is 15.0. The first-order chi connectivity index (χ1) is 17.2. The van der Waals surface area contributed by atoms with Crippen molar-refractivity contribution in [2.24, 2.45) is 5.92 Å². The molecule has 1 aliphatic rings. The lowest BCUT2D eigenvalue weighted by Gasteiger charge is -2.32. The minimum atomic E-state index is -0.902. The molecule has 1 fully saturated rings. The third-order valence-electron chi connectivity index (χ3n) is 5.69. The van der Waals surface area contributed by atoms with E-state index in [4.69, 9.17) is 9.47 Å². The van der Waals surface area contributed by atoms with Crippen molar-refractivity contribution in [3.63, 3.8) is 0 Å². The lowest BCUT2D eigenvalue weighted by molar-refractivity contribution is -0.148. The van der Waals surface area contributed by atoms with Crippen molar-refractivity contribution in [2.75, 3.05) is 25.2 Å². The van der Waals surface area contributed by atoms with Crippen molar-refractivity contribution in [3.8, 4) is 0 Å². The highest BCUT2D eigenvalue weighted by molar-refractivity contribution is 7.98. The fourth-order valence-corrected chi connectivity index (χ4v) is 4.31. The Bertz CT molecular complexity index is 815. The third kappa shape index (κ3) is 10.8. The predicted molar refractivity (Wildman–Crippen MR) is 142 cm³/mol. The lowest BCUT2D eigenvalue weighted by Crippen LogP contribution is -2.59. The maximum atomic E-state index is 13.5. The van der Waals surface area contributed by atoms with Crippen molar-refractivity contribution >= 4 is 41.5 Å². The largest absolute Gasteiger partial charge is 0.464 e. The summed E-state index contributed by atoms with van der Waals surface area (Å²) in [6, 6.07) is -3.39. The Morgan fingerprint density at radius 1 is 1.05 bits per heavy atom. The van der Waals surface area contributed by atoms with Crippen molar-refractivity contribution in [2.45, 2.75) is 97.5 Å². The Kier molecular flexibility index (Phi) is 13.2. The van der Waals surface area contributed by atoms with Crippen molar-refractivity contribution in [1.29, 1.82) is 0 Å². The minimum absolute atomic E-state index is 0.198. The molecule has 0 spiro atoms. The van der Waals surface area contributed by atoms with Crippen LogP contribution in [0.2, 0.25) is 0 Å². The molecule has 4 atom stereocenters. The average molecular weight is 545 g/mol. The second-order valence-corrected chi connectivity index (χ2v) is 11.4. The van der Waals surface area contributed by atoms with Crippen LogP contribution >= 0.6 is 11.8 Å². The van der Waals surface area contributed by atoms with E-state index in [2.05, 4.69) is 16.0 Å². The van der Waals surface area contributed by atoms with E-state index < -0.39 is 53.6 Å². The van der Waals surface area contributed by atoms with Crippen LogP contribution in [-0.2, 0) is 28.7 Å². The minimum Gasteiger partial charge on any atom is -0.464 e. The predicted octanol–water partition coefficient (Wildman–Crippen LogP) is 1.83. The van der Waals surface area contributed by atoms with E-state index in [1.54, 1.807) is 41.5 Å². The Balaban J connectivity index is 2.97. The molecule has 1 heterocycles. The summed E-state index contributed by atoms with van der Waals surface area (Å²) >= 11 is 1.53. The molecule has 0 radical (unpaired) electrons. The first-order valence-electron chi connectivity index (χ1n) is 12.8. The molecule has 11 nitrogen and oxygen atoms in total. The molecular formula is C25H44N4O7S. The molecule has 212 valence electrons. The Morgan fingerprint density at radius 2 is 1.70 bits per heavy atom. The molecule has 0 saturated carbocycles. The molecule has 3 N–H and O–H groups in total. The molecule has 0 aliphatic carbocycles. The van der Waals surface area contributed by atoms with Crippen LogP contribution in [0.1, 0.15) is 67.7 Å². The summed E-state index contributed by atoms with van der Waals surface area (Å²) in [5.41, 5.74) is -0.725. The molecule has 4 amide bonds. The van der Waals surface area contributed by atoms with Gasteiger partial charge in [0.05, 0.1) is 6.61 Å². The number of hydrogen-bond donors (Lipinski definition) is 3. The average Bonchev–Trinajstić information content (AvgIpc) is 3.28. The topological polar surface area (TPSA) is 143 Å². The van der Waals surface area contributed by atoms with E-state index >= 15 is 0 Å². The number of carbonyl (C=O) groups is 5. The van der Waals surface area contributed by atoms with Crippen LogP contribution in [-0.4, -0.2) is 89.6 Å². The number of amides is 4. The van der Waals surface area contributed by atoms with Gasteiger partial charge < -0.3 is 30.3 Å². The van der Waals surface area contributed by atoms with Gasteiger partial charge in [-0.3, -0.25) is 14.4 Å². The number of nitrogens with zero attached hydrogens (tertiary/aromatic N) is 1. The van der Waals surface area contributed by atoms with Gasteiger partial charge in [0.25, 0.3) is 0 Å². The standard InChI is InChI=1S/C25H44N4O7S/c1-9-35-23(33)16(4)26-21(31)18-11-10-13-29(18)22(32)19(15(2)3)28-20(30)17(12-14-37-8)27-24(34)36-25(5,6)7/h15-19H,9-14H2,1-8H3,(H,26,31)(H,27,34)(H,28,30)/t16-,17+,18+,19+/m1/s1. The van der Waals surface area contributed by atoms with Crippen LogP contribution < -0.4 is 16.0 Å². The van der Waals surface area contributed by atoms with E-state index in [-0.39, 0.29) is 18.4 Å². The summed E-state index contributed by atoms with van der Waals surface area (Å²) in [6.45, 7) is 12.6. The van der Waals surface area contributed by atoms with Gasteiger partial charge in [0.1, 0.15) is 29.8 Å². The van der Waals surface area contributed by atoms with Crippen LogP contribution in [0, 0.1) is 5.92 Å². The number of alkyl carbamates (subject to hydrolysis) is 1. The SMILES string of the molecule is CCOC(=O)[C@@H](C)NC(=O)[C@@H]1CCCN1C(=O)[C@@H](NC(=O)[C@H](CCSC)NC(=O)OC(C)(C)C)C(C)C. The first-order valence-corrected chi connectivity index (χ1v) is 14.2. The molecule has 1 rings (SSSR count). The van der Waals surface area contributed by atoms with E-state index in [0.29, 0.717) is 31.6 Å². The fourth-order valence-electron chi connectivity index (χ4n) is 3.84. The molecule has 0 unspecified atom stereocenters. The molecule has 1 saturated heterocycles. The summed E-state index contributed by atoms with van der Waals surface area (Å²) in [5, 5.41) is 8.02. The Morgan fingerprint density at radius 3 is 2.24 bits per heavy atom. The van der Waals surface area contributed by atoms with Crippen molar-refractivity contribution < 1.29 is 33.4 Å². The van der Waals surface area contributed by atoms with Gasteiger partial charge in [-0.1, -0.05) is 13.8 Å². The Labute approximate surface area is 224 Å². The highest BCUT2D eigenvalue weighted by Gasteiger charge is 2.40. The third-order valence-corrected chi connectivity index (χ3v) is 6.33. The maximum absolute atomic E-state index is 13.5. The zero-order valence-electron chi connectivity index (χ0n) is 23.3. The van der Waals surface area contributed by atoms with Gasteiger partial charge in [0.15, 0.2) is 0 Å². The molecule has 0 aromatic heterocycles. The van der Waals surface area contributed by atoms with E-state index in [9.17, 15) is 24.0 Å². The lowest BCUT2D eigenvalue weighted by atomic mass is 10.0. The molecule has 0 aromatic carbocycles. The maximum Gasteiger partial charge on any atom is 0.408 e. The smallest absolute Gasteiger partial charge is 0.408 e. The summed E-state index contributed by atoms with van der Waals surface area (Å²) in [6.07, 6.45) is 2.60. The van der Waals surface area contributed by atoms with Gasteiger partial charge in [0.2, 0.25) is 17.7 Å². The number of rotatable bonds is 12. The van der Waals surface area contributed by atoms with Gasteiger partial charge in [-0.25, -0.2) is 9.59 Å². The normalized spacial score (nSPS) is 18.0. The molecule has 0 bridgehead atoms. The van der Waals surface area contributed by atoms with Crippen LogP contribution in [0.15, 0.2) is 0 Å². The van der Waals surface area contributed by atoms with Crippen LogP contribution in [0.3, 0.4) is 0 Å². The van der Waals surface area contributed by atoms with E-state index in [0.717, 1.165) is 0 Å². The molecule has 12 heteroatoms. The highest BCUT2D eigenvalue weighted by atomic mass is 32.2. The molecular weight excluding hydrogens is 500 g/mol. The molecule has 37 heavy (non-hydrogen) atoms. The number of carbonyl (C=O) groups excluding carboxylic acids is 5. The summed E-state index contributed by atoms with van der Waals surface area (Å²) in [7, 11) is 0. The van der Waals surface area contributed by atoms with Gasteiger partial charge in [-0.05, 0) is 71.8 Å². The summed E-state index contributed by atoms with van der Waals surface area (Å²) < 4.78 is 10.2. The van der Waals surface area contributed by atoms with Crippen LogP contribution in [0.4, 0.5) is 4.79 Å². The first kappa shape index (κ1) is 32.5. The van der Waals surface area contributed by atoms with Crippen molar-refractivity contribution in [1.82, 2.24) is 20.9 Å². The zero-order valence-corrected chi connectivity index (χ0v) is 24.2. The number of hydrogen-bond acceptors (Lipinski definition) is 8. The Hall–Kier alpha value is -2.50. The number of ether oxygens (including phenoxy) is 2. The van der Waals surface area contributed by atoms with E-state index in [1.165, 1.54) is 23.6 Å². The molecule has 0 aromatic rings. The second-order valence-electron chi connectivity index (χ2n) is 10.4. The zero-order chi connectivity index (χ0) is 28.3. The van der Waals surface area contributed by atoms with Gasteiger partial charge in [0, 0.05) is 6.54 Å². The highest BCUT2D eigenvalue weighted by Crippen LogP contribution is 2.21. The number of esters is 1. The van der Waals surface area contributed by atoms with Crippen molar-refractivity contribution in [3.05, 3.63) is 0 Å². The van der Waals surface area contributed by atoms with Gasteiger partial charge in [-0.2, -0.15) is 11.8 Å². The van der Waals surface area contributed by atoms with E-state index in [1.807, 2.05) is 6.26 Å². The van der Waals surface area contributed by atoms with Gasteiger partial charge in [-0.15, -0.1) is 0 Å². The molecule has 1 aliphatic heterocycles. The van der Waals surface area contributed by atoms with Gasteiger partial charge >= 0.3 is 12.1 Å². The summed E-state index contributed by atoms with van der Waals surface area (Å²) in [4.78, 5) is 65.3. The van der Waals surface area contributed by atoms with Crippen LogP contribution in [0.25, 0.3) is 0 Å². The monoisotopic (exact) mass is 544 g/mol. The number of likely N-dealkylation sites (tertiary alicyclic amines) is 1. The number of thioether (sulfide) groups is 1. The number of nitrogens with one attached hydrogen (secondary N) is 3.